The first-order chi connectivity index (χ1) is 14.6. The van der Waals surface area contributed by atoms with Crippen LogP contribution in [0.3, 0.4) is 0 Å². The lowest BCUT2D eigenvalue weighted by Gasteiger charge is -2.45. The summed E-state index contributed by atoms with van der Waals surface area (Å²) >= 11 is 0. The smallest absolute Gasteiger partial charge is 0.320 e. The number of ether oxygens (including phenoxy) is 2. The Morgan fingerprint density at radius 1 is 1.17 bits per heavy atom. The first kappa shape index (κ1) is 20.5. The summed E-state index contributed by atoms with van der Waals surface area (Å²) < 4.78 is 11.0. The molecule has 2 amide bonds. The molecule has 2 fully saturated rings. The number of anilines is 1. The standard InChI is InChI=1S/C23H30N4O3/c1-27-13-11-23(16-7-8-18(29-2)19(14-16)30-3)10-9-17(15-20(23)27)25-22(28)26-21-6-4-5-12-24-21/h4-8,12,14,17,20H,9-11,13,15H2,1-3H3,(H2,24,25,26,28)/t17-,20+,23-/m0/s1. The van der Waals surface area contributed by atoms with Gasteiger partial charge < -0.3 is 19.7 Å². The molecular weight excluding hydrogens is 380 g/mol. The van der Waals surface area contributed by atoms with Crippen LogP contribution < -0.4 is 20.1 Å². The molecule has 7 nitrogen and oxygen atoms in total. The van der Waals surface area contributed by atoms with Crippen LogP contribution in [0.15, 0.2) is 42.6 Å². The molecule has 0 radical (unpaired) electrons. The van der Waals surface area contributed by atoms with Crippen molar-refractivity contribution in [2.24, 2.45) is 0 Å². The summed E-state index contributed by atoms with van der Waals surface area (Å²) in [4.78, 5) is 19.0. The summed E-state index contributed by atoms with van der Waals surface area (Å²) in [5.74, 6) is 2.08. The lowest BCUT2D eigenvalue weighted by Crippen LogP contribution is -2.52. The summed E-state index contributed by atoms with van der Waals surface area (Å²) in [7, 11) is 5.52. The number of amides is 2. The van der Waals surface area contributed by atoms with Gasteiger partial charge in [0.05, 0.1) is 14.2 Å². The first-order valence-corrected chi connectivity index (χ1v) is 10.5. The third-order valence-corrected chi connectivity index (χ3v) is 6.73. The van der Waals surface area contributed by atoms with Crippen LogP contribution >= 0.6 is 0 Å². The van der Waals surface area contributed by atoms with E-state index in [2.05, 4.69) is 39.7 Å². The largest absolute Gasteiger partial charge is 0.493 e. The molecule has 7 heteroatoms. The molecule has 1 aliphatic heterocycles. The van der Waals surface area contributed by atoms with Crippen molar-refractivity contribution in [2.75, 3.05) is 33.1 Å². The molecule has 1 saturated carbocycles. The van der Waals surface area contributed by atoms with Crippen LogP contribution in [0.25, 0.3) is 0 Å². The van der Waals surface area contributed by atoms with Gasteiger partial charge in [-0.25, -0.2) is 9.78 Å². The minimum atomic E-state index is -0.196. The van der Waals surface area contributed by atoms with Gasteiger partial charge in [-0.2, -0.15) is 0 Å². The summed E-state index contributed by atoms with van der Waals surface area (Å²) in [5, 5.41) is 5.97. The van der Waals surface area contributed by atoms with Gasteiger partial charge in [-0.15, -0.1) is 0 Å². The van der Waals surface area contributed by atoms with Gasteiger partial charge in [0.2, 0.25) is 0 Å². The van der Waals surface area contributed by atoms with Gasteiger partial charge in [0, 0.05) is 23.7 Å². The predicted molar refractivity (Wildman–Crippen MR) is 116 cm³/mol. The zero-order valence-corrected chi connectivity index (χ0v) is 17.9. The molecule has 2 aliphatic rings. The molecule has 1 aromatic heterocycles. The monoisotopic (exact) mass is 410 g/mol. The molecule has 1 aromatic carbocycles. The Bertz CT molecular complexity index is 891. The highest BCUT2D eigenvalue weighted by atomic mass is 16.5. The van der Waals surface area contributed by atoms with Crippen LogP contribution in [0.4, 0.5) is 10.6 Å². The quantitative estimate of drug-likeness (QED) is 0.790. The average molecular weight is 411 g/mol. The number of urea groups is 1. The SMILES string of the molecule is COc1ccc([C@@]23CC[C@H](NC(=O)Nc4ccccn4)C[C@H]2N(C)CC3)cc1OC. The molecule has 2 heterocycles. The van der Waals surface area contributed by atoms with Crippen LogP contribution in [-0.4, -0.2) is 55.8 Å². The highest BCUT2D eigenvalue weighted by molar-refractivity contribution is 5.88. The second kappa shape index (κ2) is 8.52. The Hall–Kier alpha value is -2.80. The van der Waals surface area contributed by atoms with Crippen LogP contribution in [0.5, 0.6) is 11.5 Å². The Morgan fingerprint density at radius 3 is 2.73 bits per heavy atom. The summed E-state index contributed by atoms with van der Waals surface area (Å²) in [6.45, 7) is 1.05. The topological polar surface area (TPSA) is 75.7 Å². The van der Waals surface area contributed by atoms with Crippen molar-refractivity contribution in [3.05, 3.63) is 48.2 Å². The molecule has 160 valence electrons. The number of likely N-dealkylation sites (N-methyl/N-ethyl adjacent to an activating group) is 1. The second-order valence-corrected chi connectivity index (χ2v) is 8.26. The lowest BCUT2D eigenvalue weighted by atomic mass is 9.65. The van der Waals surface area contributed by atoms with Crippen molar-refractivity contribution in [3.63, 3.8) is 0 Å². The number of nitrogens with one attached hydrogen (secondary N) is 2. The number of methoxy groups -OCH3 is 2. The van der Waals surface area contributed by atoms with Crippen molar-refractivity contribution >= 4 is 11.8 Å². The lowest BCUT2D eigenvalue weighted by molar-refractivity contribution is 0.156. The molecule has 30 heavy (non-hydrogen) atoms. The van der Waals surface area contributed by atoms with Crippen LogP contribution in [0, 0.1) is 0 Å². The number of hydrogen-bond acceptors (Lipinski definition) is 5. The third-order valence-electron chi connectivity index (χ3n) is 6.73. The number of aromatic nitrogens is 1. The highest BCUT2D eigenvalue weighted by Crippen LogP contribution is 2.49. The van der Waals surface area contributed by atoms with E-state index in [4.69, 9.17) is 9.47 Å². The number of nitrogens with zero attached hydrogens (tertiary/aromatic N) is 2. The molecule has 0 unspecified atom stereocenters. The maximum absolute atomic E-state index is 12.5. The van der Waals surface area contributed by atoms with Crippen molar-refractivity contribution in [3.8, 4) is 11.5 Å². The number of carbonyl (C=O) groups excluding carboxylic acids is 1. The number of likely N-dealkylation sites (tertiary alicyclic amines) is 1. The Balaban J connectivity index is 1.49. The minimum Gasteiger partial charge on any atom is -0.493 e. The predicted octanol–water partition coefficient (Wildman–Crippen LogP) is 3.41. The van der Waals surface area contributed by atoms with Gasteiger partial charge in [0.25, 0.3) is 0 Å². The fourth-order valence-corrected chi connectivity index (χ4v) is 5.17. The molecule has 0 spiro atoms. The zero-order chi connectivity index (χ0) is 21.1. The van der Waals surface area contributed by atoms with E-state index in [-0.39, 0.29) is 17.5 Å². The number of rotatable bonds is 5. The number of fused-ring (bicyclic) bond motifs is 1. The van der Waals surface area contributed by atoms with E-state index in [1.165, 1.54) is 5.56 Å². The molecule has 0 bridgehead atoms. The van der Waals surface area contributed by atoms with Crippen LogP contribution in [-0.2, 0) is 5.41 Å². The van der Waals surface area contributed by atoms with Gasteiger partial charge in [0.1, 0.15) is 5.82 Å². The van der Waals surface area contributed by atoms with E-state index in [1.807, 2.05) is 18.2 Å². The van der Waals surface area contributed by atoms with E-state index in [0.29, 0.717) is 11.9 Å². The average Bonchev–Trinajstić information content (AvgIpc) is 3.11. The number of pyridine rings is 1. The Kier molecular flexibility index (Phi) is 5.81. The van der Waals surface area contributed by atoms with Crippen LogP contribution in [0.1, 0.15) is 31.2 Å². The fraction of sp³-hybridized carbons (Fsp3) is 0.478. The Labute approximate surface area is 177 Å². The molecule has 3 atom stereocenters. The first-order valence-electron chi connectivity index (χ1n) is 10.5. The highest BCUT2D eigenvalue weighted by Gasteiger charge is 2.50. The summed E-state index contributed by atoms with van der Waals surface area (Å²) in [6, 6.07) is 12.1. The van der Waals surface area contributed by atoms with Crippen molar-refractivity contribution in [1.82, 2.24) is 15.2 Å². The molecule has 1 aliphatic carbocycles. The fourth-order valence-electron chi connectivity index (χ4n) is 5.17. The normalized spacial score (nSPS) is 26.0. The number of benzene rings is 1. The zero-order valence-electron chi connectivity index (χ0n) is 17.9. The van der Waals surface area contributed by atoms with E-state index in [1.54, 1.807) is 26.5 Å². The van der Waals surface area contributed by atoms with E-state index < -0.39 is 0 Å². The molecule has 1 saturated heterocycles. The molecular formula is C23H30N4O3. The maximum atomic E-state index is 12.5. The molecule has 2 N–H and O–H groups in total. The van der Waals surface area contributed by atoms with Gasteiger partial charge >= 0.3 is 6.03 Å². The van der Waals surface area contributed by atoms with Crippen molar-refractivity contribution in [2.45, 2.75) is 43.2 Å². The van der Waals surface area contributed by atoms with E-state index in [0.717, 1.165) is 43.7 Å². The molecule has 2 aromatic rings. The number of carbonyl (C=O) groups is 1. The van der Waals surface area contributed by atoms with Gasteiger partial charge in [-0.05, 0) is 69.1 Å². The number of hydrogen-bond donors (Lipinski definition) is 2. The van der Waals surface area contributed by atoms with Crippen LogP contribution in [0.2, 0.25) is 0 Å². The van der Waals surface area contributed by atoms with Crippen molar-refractivity contribution in [1.29, 1.82) is 0 Å². The van der Waals surface area contributed by atoms with Gasteiger partial charge in [-0.1, -0.05) is 12.1 Å². The maximum Gasteiger partial charge on any atom is 0.320 e. The Morgan fingerprint density at radius 2 is 2.00 bits per heavy atom. The minimum absolute atomic E-state index is 0.0734. The summed E-state index contributed by atoms with van der Waals surface area (Å²) in [5.41, 5.74) is 1.37. The summed E-state index contributed by atoms with van der Waals surface area (Å²) in [6.07, 6.45) is 5.65. The molecule has 4 rings (SSSR count). The second-order valence-electron chi connectivity index (χ2n) is 8.26. The van der Waals surface area contributed by atoms with Crippen molar-refractivity contribution < 1.29 is 14.3 Å². The third kappa shape index (κ3) is 3.81. The van der Waals surface area contributed by atoms with Gasteiger partial charge in [-0.3, -0.25) is 5.32 Å². The van der Waals surface area contributed by atoms with E-state index in [9.17, 15) is 4.79 Å². The van der Waals surface area contributed by atoms with E-state index >= 15 is 0 Å². The van der Waals surface area contributed by atoms with Gasteiger partial charge in [0.15, 0.2) is 11.5 Å².